The number of rotatable bonds is 9. The highest BCUT2D eigenvalue weighted by Crippen LogP contribution is 2.59. The summed E-state index contributed by atoms with van der Waals surface area (Å²) in [6.07, 6.45) is 3.74. The standard InChI is InChI=1S/C18H24O6/c1-4-7-16(13(19)20)10-17(8-5-2,14(21)22)12-18(11-16,9-6-3)15(23)24/h4-6H,1-3,7-12H2,(H,19,20)(H,21,22)(H,23,24). The van der Waals surface area contributed by atoms with Crippen molar-refractivity contribution in [3.63, 3.8) is 0 Å². The molecule has 0 unspecified atom stereocenters. The third-order valence-corrected chi connectivity index (χ3v) is 5.00. The largest absolute Gasteiger partial charge is 0.481 e. The fourth-order valence-corrected chi connectivity index (χ4v) is 4.11. The van der Waals surface area contributed by atoms with Gasteiger partial charge in [0.05, 0.1) is 16.2 Å². The maximum absolute atomic E-state index is 12.0. The molecule has 1 fully saturated rings. The summed E-state index contributed by atoms with van der Waals surface area (Å²) in [4.78, 5) is 36.0. The Morgan fingerprint density at radius 2 is 0.875 bits per heavy atom. The molecule has 0 radical (unpaired) electrons. The first-order valence-corrected chi connectivity index (χ1v) is 7.66. The Bertz CT molecular complexity index is 487. The number of aliphatic carboxylic acids is 3. The minimum Gasteiger partial charge on any atom is -0.481 e. The lowest BCUT2D eigenvalue weighted by Gasteiger charge is -2.50. The molecule has 0 aromatic carbocycles. The van der Waals surface area contributed by atoms with Crippen molar-refractivity contribution in [2.45, 2.75) is 38.5 Å². The van der Waals surface area contributed by atoms with Gasteiger partial charge in [-0.05, 0) is 38.5 Å². The van der Waals surface area contributed by atoms with Crippen molar-refractivity contribution in [1.82, 2.24) is 0 Å². The van der Waals surface area contributed by atoms with E-state index in [2.05, 4.69) is 19.7 Å². The van der Waals surface area contributed by atoms with Crippen LogP contribution in [0, 0.1) is 16.2 Å². The van der Waals surface area contributed by atoms with Gasteiger partial charge >= 0.3 is 17.9 Å². The molecule has 0 spiro atoms. The lowest BCUT2D eigenvalue weighted by molar-refractivity contribution is -0.178. The van der Waals surface area contributed by atoms with E-state index in [1.807, 2.05) is 0 Å². The maximum Gasteiger partial charge on any atom is 0.310 e. The summed E-state index contributed by atoms with van der Waals surface area (Å²) in [5, 5.41) is 29.4. The Morgan fingerprint density at radius 3 is 1.00 bits per heavy atom. The van der Waals surface area contributed by atoms with Gasteiger partial charge < -0.3 is 15.3 Å². The molecule has 0 heterocycles. The molecule has 0 aromatic rings. The van der Waals surface area contributed by atoms with Gasteiger partial charge in [-0.3, -0.25) is 14.4 Å². The molecule has 0 saturated heterocycles. The minimum atomic E-state index is -1.50. The minimum absolute atomic E-state index is 0.000674. The summed E-state index contributed by atoms with van der Waals surface area (Å²) in [6.45, 7) is 10.7. The predicted octanol–water partition coefficient (Wildman–Crippen LogP) is 3.11. The van der Waals surface area contributed by atoms with E-state index in [1.54, 1.807) is 0 Å². The highest BCUT2D eigenvalue weighted by molar-refractivity contribution is 5.84. The van der Waals surface area contributed by atoms with Crippen molar-refractivity contribution in [2.75, 3.05) is 0 Å². The van der Waals surface area contributed by atoms with E-state index in [0.29, 0.717) is 0 Å². The lowest BCUT2D eigenvalue weighted by Crippen LogP contribution is -2.54. The van der Waals surface area contributed by atoms with E-state index in [9.17, 15) is 29.7 Å². The van der Waals surface area contributed by atoms with Gasteiger partial charge in [0.2, 0.25) is 0 Å². The number of carbonyl (C=O) groups is 3. The van der Waals surface area contributed by atoms with Crippen molar-refractivity contribution in [1.29, 1.82) is 0 Å². The van der Waals surface area contributed by atoms with E-state index in [4.69, 9.17) is 0 Å². The van der Waals surface area contributed by atoms with Gasteiger partial charge in [0, 0.05) is 0 Å². The van der Waals surface area contributed by atoms with E-state index in [-0.39, 0.29) is 38.5 Å². The Hall–Kier alpha value is -2.37. The molecule has 0 amide bonds. The number of allylic oxidation sites excluding steroid dienone is 3. The third kappa shape index (κ3) is 3.27. The number of hydrogen-bond donors (Lipinski definition) is 3. The summed E-state index contributed by atoms with van der Waals surface area (Å²) >= 11 is 0. The Morgan fingerprint density at radius 1 is 0.667 bits per heavy atom. The number of carboxylic acids is 3. The van der Waals surface area contributed by atoms with Crippen LogP contribution in [0.4, 0.5) is 0 Å². The van der Waals surface area contributed by atoms with Crippen LogP contribution < -0.4 is 0 Å². The number of hydrogen-bond acceptors (Lipinski definition) is 3. The highest BCUT2D eigenvalue weighted by atomic mass is 16.4. The summed E-state index contributed by atoms with van der Waals surface area (Å²) in [7, 11) is 0. The molecular formula is C18H24O6. The van der Waals surface area contributed by atoms with Gasteiger partial charge in [0.1, 0.15) is 0 Å². The Labute approximate surface area is 141 Å². The summed E-state index contributed by atoms with van der Waals surface area (Å²) in [5.41, 5.74) is -4.49. The fraction of sp³-hybridized carbons (Fsp3) is 0.500. The van der Waals surface area contributed by atoms with Crippen LogP contribution >= 0.6 is 0 Å². The Kier molecular flexibility index (Phi) is 5.76. The summed E-state index contributed by atoms with van der Waals surface area (Å²) in [6, 6.07) is 0. The Balaban J connectivity index is 3.65. The first-order valence-electron chi connectivity index (χ1n) is 7.66. The number of carboxylic acid groups (broad SMARTS) is 3. The highest BCUT2D eigenvalue weighted by Gasteiger charge is 2.62. The van der Waals surface area contributed by atoms with E-state index < -0.39 is 34.2 Å². The molecule has 1 saturated carbocycles. The molecule has 1 aliphatic rings. The van der Waals surface area contributed by atoms with Crippen molar-refractivity contribution in [3.05, 3.63) is 38.0 Å². The SMILES string of the molecule is C=CCC1(C(=O)O)CC(CC=C)(C(=O)O)CC(CC=C)(C(=O)O)C1. The van der Waals surface area contributed by atoms with Crippen LogP contribution in [-0.2, 0) is 14.4 Å². The monoisotopic (exact) mass is 336 g/mol. The molecule has 6 heteroatoms. The zero-order chi connectivity index (χ0) is 18.6. The van der Waals surface area contributed by atoms with Gasteiger partial charge in [-0.2, -0.15) is 0 Å². The maximum atomic E-state index is 12.0. The topological polar surface area (TPSA) is 112 Å². The van der Waals surface area contributed by atoms with Gasteiger partial charge in [-0.15, -0.1) is 19.7 Å². The molecule has 0 aliphatic heterocycles. The second kappa shape index (κ2) is 7.03. The molecule has 6 nitrogen and oxygen atoms in total. The molecule has 132 valence electrons. The van der Waals surface area contributed by atoms with Crippen LogP contribution in [0.15, 0.2) is 38.0 Å². The van der Waals surface area contributed by atoms with Gasteiger partial charge in [0.15, 0.2) is 0 Å². The van der Waals surface area contributed by atoms with Crippen LogP contribution in [0.3, 0.4) is 0 Å². The average Bonchev–Trinajstić information content (AvgIpc) is 2.47. The van der Waals surface area contributed by atoms with Crippen LogP contribution in [0.2, 0.25) is 0 Å². The zero-order valence-corrected chi connectivity index (χ0v) is 13.7. The normalized spacial score (nSPS) is 32.5. The first-order chi connectivity index (χ1) is 11.1. The molecular weight excluding hydrogens is 312 g/mol. The lowest BCUT2D eigenvalue weighted by atomic mass is 9.50. The fourth-order valence-electron chi connectivity index (χ4n) is 4.11. The second-order valence-electron chi connectivity index (χ2n) is 6.77. The summed E-state index contributed by atoms with van der Waals surface area (Å²) < 4.78 is 0. The van der Waals surface area contributed by atoms with E-state index >= 15 is 0 Å². The van der Waals surface area contributed by atoms with E-state index in [1.165, 1.54) is 18.2 Å². The van der Waals surface area contributed by atoms with Crippen molar-refractivity contribution < 1.29 is 29.7 Å². The first kappa shape index (κ1) is 19.7. The van der Waals surface area contributed by atoms with Crippen molar-refractivity contribution in [2.24, 2.45) is 16.2 Å². The van der Waals surface area contributed by atoms with Crippen molar-refractivity contribution in [3.8, 4) is 0 Å². The third-order valence-electron chi connectivity index (χ3n) is 5.00. The molecule has 0 bridgehead atoms. The van der Waals surface area contributed by atoms with Gasteiger partial charge in [-0.25, -0.2) is 0 Å². The molecule has 0 atom stereocenters. The van der Waals surface area contributed by atoms with Gasteiger partial charge in [-0.1, -0.05) is 18.2 Å². The van der Waals surface area contributed by atoms with Crippen LogP contribution in [0.25, 0.3) is 0 Å². The predicted molar refractivity (Wildman–Crippen MR) is 88.5 cm³/mol. The smallest absolute Gasteiger partial charge is 0.310 e. The molecule has 1 rings (SSSR count). The summed E-state index contributed by atoms with van der Waals surface area (Å²) in [5.74, 6) is -3.61. The molecule has 3 N–H and O–H groups in total. The van der Waals surface area contributed by atoms with Crippen LogP contribution in [0.5, 0.6) is 0 Å². The van der Waals surface area contributed by atoms with E-state index in [0.717, 1.165) is 0 Å². The molecule has 0 aromatic heterocycles. The zero-order valence-electron chi connectivity index (χ0n) is 13.7. The molecule has 1 aliphatic carbocycles. The second-order valence-corrected chi connectivity index (χ2v) is 6.77. The van der Waals surface area contributed by atoms with Crippen LogP contribution in [-0.4, -0.2) is 33.2 Å². The quantitative estimate of drug-likeness (QED) is 0.558. The average molecular weight is 336 g/mol. The van der Waals surface area contributed by atoms with Gasteiger partial charge in [0.25, 0.3) is 0 Å². The molecule has 24 heavy (non-hydrogen) atoms. The van der Waals surface area contributed by atoms with Crippen LogP contribution in [0.1, 0.15) is 38.5 Å². The van der Waals surface area contributed by atoms with Crippen molar-refractivity contribution >= 4 is 17.9 Å².